The quantitative estimate of drug-likeness (QED) is 0.0285. The monoisotopic (exact) mass is 1110 g/mol. The van der Waals surface area contributed by atoms with Crippen LogP contribution in [0.15, 0.2) is 65.1 Å². The summed E-state index contributed by atoms with van der Waals surface area (Å²) in [6.07, 6.45) is 0.365. The largest absolute Gasteiger partial charge is 0.495 e. The van der Waals surface area contributed by atoms with Crippen LogP contribution < -0.4 is 25.6 Å². The van der Waals surface area contributed by atoms with Crippen LogP contribution in [0.2, 0.25) is 5.02 Å². The van der Waals surface area contributed by atoms with Gasteiger partial charge >= 0.3 is 18.2 Å². The molecule has 3 aliphatic rings. The minimum atomic E-state index is -1.87. The maximum absolute atomic E-state index is 14.4. The summed E-state index contributed by atoms with van der Waals surface area (Å²) in [6, 6.07) is 10.1. The van der Waals surface area contributed by atoms with Gasteiger partial charge in [-0.1, -0.05) is 98.0 Å². The molecule has 3 heterocycles. The number of epoxide rings is 1. The number of allylic oxidation sites excluding steroid dienone is 3. The van der Waals surface area contributed by atoms with E-state index in [1.54, 1.807) is 66.4 Å². The normalized spacial score (nSPS) is 25.8. The maximum Gasteiger partial charge on any atom is 0.409 e. The molecule has 4 bridgehead atoms. The van der Waals surface area contributed by atoms with Gasteiger partial charge in [-0.25, -0.2) is 14.4 Å². The number of aliphatic hydroxyl groups is 1. The number of methoxy groups -OCH3 is 2. The summed E-state index contributed by atoms with van der Waals surface area (Å²) in [5, 5.41) is 20.0. The number of anilines is 1. The molecule has 0 saturated carbocycles. The number of hydrogen-bond donors (Lipinski definition) is 4. The predicted molar refractivity (Wildman–Crippen MR) is 288 cm³/mol. The molecule has 23 heteroatoms. The molecular weight excluding hydrogens is 1040 g/mol. The molecule has 2 saturated heterocycles. The summed E-state index contributed by atoms with van der Waals surface area (Å²) in [5.74, 6) is -1.98. The standard InChI is InChI=1S/C50H69ClN5O13PS3/c1-29-12-11-13-38(65-10)50(63)26-37(67-47(62)54-50)30(2)44-49(6,69-44)39(25-42(59)56(8)35-23-33(22-29)24-36(64-9)43(35)51)68-45(60)31(3)55(7)41(58)18-19-48(4,5)71-28-40(57)52-20-21-53-46(61)66-27-32-14-16-34(17-15-32)72-73-70/h11-17,23-24,30-31,37-39,44,63H,18-22,25-28,70H2,1-10H3,(H,52,57)(H,53,61)(H,54,62)/b13-11+,29-12+/t30-,31+,37+,38-,39+,44+,49+,50+/m1/s1. The lowest BCUT2D eigenvalue weighted by atomic mass is 9.83. The highest BCUT2D eigenvalue weighted by Gasteiger charge is 2.64. The van der Waals surface area contributed by atoms with Gasteiger partial charge in [0.05, 0.1) is 31.1 Å². The van der Waals surface area contributed by atoms with Gasteiger partial charge in [0.2, 0.25) is 17.7 Å². The Hall–Kier alpha value is -4.21. The van der Waals surface area contributed by atoms with Crippen molar-refractivity contribution >= 4 is 94.6 Å². The van der Waals surface area contributed by atoms with Crippen molar-refractivity contribution in [3.05, 3.63) is 76.3 Å². The average Bonchev–Trinajstić information content (AvgIpc) is 4.05. The molecule has 5 amide bonds. The number of rotatable bonds is 18. The second-order valence-electron chi connectivity index (χ2n) is 19.1. The van der Waals surface area contributed by atoms with Crippen molar-refractivity contribution in [3.63, 3.8) is 0 Å². The van der Waals surface area contributed by atoms with Crippen molar-refractivity contribution in [2.75, 3.05) is 52.1 Å². The van der Waals surface area contributed by atoms with Gasteiger partial charge in [-0.2, -0.15) is 0 Å². The van der Waals surface area contributed by atoms with E-state index in [4.69, 9.17) is 40.0 Å². The molecule has 4 N–H and O–H groups in total. The van der Waals surface area contributed by atoms with Gasteiger partial charge in [0, 0.05) is 62.7 Å². The van der Waals surface area contributed by atoms with Crippen LogP contribution in [0.25, 0.3) is 0 Å². The van der Waals surface area contributed by atoms with E-state index < -0.39 is 76.5 Å². The van der Waals surface area contributed by atoms with Crippen molar-refractivity contribution in [3.8, 4) is 5.75 Å². The Morgan fingerprint density at radius 2 is 1.82 bits per heavy atom. The number of amides is 5. The molecule has 18 nitrogen and oxygen atoms in total. The third kappa shape index (κ3) is 16.4. The first-order valence-electron chi connectivity index (χ1n) is 23.7. The molecule has 9 atom stereocenters. The first-order chi connectivity index (χ1) is 34.4. The van der Waals surface area contributed by atoms with Crippen LogP contribution in [0.1, 0.15) is 78.4 Å². The molecule has 402 valence electrons. The van der Waals surface area contributed by atoms with E-state index in [-0.39, 0.29) is 61.5 Å². The van der Waals surface area contributed by atoms with Crippen LogP contribution in [0, 0.1) is 5.92 Å². The Kier molecular flexibility index (Phi) is 21.7. The van der Waals surface area contributed by atoms with Crippen molar-refractivity contribution in [2.24, 2.45) is 5.92 Å². The van der Waals surface area contributed by atoms with Crippen LogP contribution in [-0.4, -0.2) is 140 Å². The van der Waals surface area contributed by atoms with Gasteiger partial charge in [-0.3, -0.25) is 19.7 Å². The van der Waals surface area contributed by atoms with Crippen LogP contribution in [0.4, 0.5) is 15.3 Å². The van der Waals surface area contributed by atoms with Gasteiger partial charge in [0.1, 0.15) is 47.3 Å². The number of fused-ring (bicyclic) bond motifs is 5. The Morgan fingerprint density at radius 1 is 1.12 bits per heavy atom. The van der Waals surface area contributed by atoms with Crippen LogP contribution in [0.5, 0.6) is 5.75 Å². The van der Waals surface area contributed by atoms with E-state index in [2.05, 4.69) is 24.4 Å². The van der Waals surface area contributed by atoms with E-state index in [1.165, 1.54) is 49.8 Å². The fourth-order valence-corrected chi connectivity index (χ4v) is 11.7. The van der Waals surface area contributed by atoms with Gasteiger partial charge in [-0.15, -0.1) is 11.8 Å². The zero-order valence-corrected chi connectivity index (χ0v) is 47.3. The third-order valence-electron chi connectivity index (χ3n) is 13.2. The molecule has 0 spiro atoms. The molecule has 3 aliphatic heterocycles. The van der Waals surface area contributed by atoms with E-state index in [0.717, 1.165) is 21.6 Å². The first kappa shape index (κ1) is 59.7. The number of carbonyl (C=O) groups excluding carboxylic acids is 6. The lowest BCUT2D eigenvalue weighted by Crippen LogP contribution is -2.63. The van der Waals surface area contributed by atoms with Crippen LogP contribution >= 0.6 is 53.0 Å². The number of likely N-dealkylation sites (N-methyl/N-ethyl adjacent to an activating group) is 1. The number of hydrogen-bond acceptors (Lipinski definition) is 16. The first-order valence-corrected chi connectivity index (χ1v) is 28.7. The summed E-state index contributed by atoms with van der Waals surface area (Å²) in [5.41, 5.74) is -0.259. The van der Waals surface area contributed by atoms with Gasteiger partial charge in [0.15, 0.2) is 5.72 Å². The second-order valence-corrected chi connectivity index (χ2v) is 24.8. The summed E-state index contributed by atoms with van der Waals surface area (Å²) < 4.78 is 34.2. The van der Waals surface area contributed by atoms with Crippen LogP contribution in [0.3, 0.4) is 0 Å². The molecular formula is C50H69ClN5O13PS3. The molecule has 5 rings (SSSR count). The molecule has 2 fully saturated rings. The minimum absolute atomic E-state index is 0.0502. The smallest absolute Gasteiger partial charge is 0.409 e. The van der Waals surface area contributed by atoms with Crippen molar-refractivity contribution in [1.82, 2.24) is 20.9 Å². The topological polar surface area (TPSA) is 224 Å². The second kappa shape index (κ2) is 26.5. The predicted octanol–water partition coefficient (Wildman–Crippen LogP) is 7.38. The number of benzene rings is 2. The number of ether oxygens (including phenoxy) is 6. The fourth-order valence-electron chi connectivity index (χ4n) is 8.45. The van der Waals surface area contributed by atoms with Crippen molar-refractivity contribution in [2.45, 2.75) is 132 Å². The molecule has 73 heavy (non-hydrogen) atoms. The Balaban J connectivity index is 1.21. The Bertz CT molecular complexity index is 2380. The number of nitrogens with one attached hydrogen (secondary N) is 3. The lowest BCUT2D eigenvalue weighted by Gasteiger charge is -2.42. The van der Waals surface area contributed by atoms with E-state index >= 15 is 0 Å². The molecule has 2 aromatic carbocycles. The van der Waals surface area contributed by atoms with Crippen molar-refractivity contribution < 1.29 is 62.3 Å². The Morgan fingerprint density at radius 3 is 2.49 bits per heavy atom. The maximum atomic E-state index is 14.4. The van der Waals surface area contributed by atoms with E-state index in [1.807, 2.05) is 51.1 Å². The zero-order valence-electron chi connectivity index (χ0n) is 42.9. The third-order valence-corrected chi connectivity index (χ3v) is 17.3. The van der Waals surface area contributed by atoms with Gasteiger partial charge < -0.3 is 54.0 Å². The average molecular weight is 1110 g/mol. The summed E-state index contributed by atoms with van der Waals surface area (Å²) in [4.78, 5) is 83.7. The summed E-state index contributed by atoms with van der Waals surface area (Å²) >= 11 is 8.19. The zero-order chi connectivity index (χ0) is 53.8. The Labute approximate surface area is 447 Å². The fraction of sp³-hybridized carbons (Fsp3) is 0.560. The van der Waals surface area contributed by atoms with Gasteiger partial charge in [-0.05, 0) is 69.0 Å². The number of halogens is 1. The summed E-state index contributed by atoms with van der Waals surface area (Å²) in [7, 11) is 11.7. The van der Waals surface area contributed by atoms with Crippen molar-refractivity contribution in [1.29, 1.82) is 0 Å². The van der Waals surface area contributed by atoms with Crippen LogP contribution in [-0.2, 0) is 55.9 Å². The SMILES string of the molecule is COc1cc2cc(c1Cl)N(C)C(=O)C[C@H](OC(=O)[C@H](C)N(C)C(=O)CCC(C)(C)SCC(=O)NCCNC(=O)OCc1ccc(SSP)cc1)[C@]1(C)O[C@H]1[C@H](C)[C@@H]1C[C@@](O)(NC(=O)O1)[C@H](OC)/C=C/C=C(\C)C2. The van der Waals surface area contributed by atoms with E-state index in [0.29, 0.717) is 24.3 Å². The molecule has 1 unspecified atom stereocenters. The molecule has 0 aromatic heterocycles. The number of carbonyl (C=O) groups is 6. The number of alkyl carbamates (subject to hydrolysis) is 2. The lowest BCUT2D eigenvalue weighted by molar-refractivity contribution is -0.162. The minimum Gasteiger partial charge on any atom is -0.495 e. The highest BCUT2D eigenvalue weighted by molar-refractivity contribution is 8.94. The molecule has 2 aromatic rings. The number of nitrogens with zero attached hydrogens (tertiary/aromatic N) is 2. The molecule has 0 aliphatic carbocycles. The molecule has 0 radical (unpaired) electrons. The highest BCUT2D eigenvalue weighted by Crippen LogP contribution is 2.49. The number of thioether (sulfide) groups is 1. The van der Waals surface area contributed by atoms with Gasteiger partial charge in [0.25, 0.3) is 0 Å². The van der Waals surface area contributed by atoms with E-state index in [9.17, 15) is 33.9 Å². The number of esters is 1. The highest BCUT2D eigenvalue weighted by atomic mass is 35.5. The summed E-state index contributed by atoms with van der Waals surface area (Å²) in [6.45, 7) is 11.2.